The normalized spacial score (nSPS) is 19.5. The van der Waals surface area contributed by atoms with Crippen LogP contribution in [0.1, 0.15) is 65.7 Å². The van der Waals surface area contributed by atoms with Gasteiger partial charge in [-0.25, -0.2) is 0 Å². The number of hydrogen-bond donors (Lipinski definition) is 2. The lowest BCUT2D eigenvalue weighted by atomic mass is 9.95. The second-order valence-electron chi connectivity index (χ2n) is 5.67. The van der Waals surface area contributed by atoms with Gasteiger partial charge in [-0.15, -0.1) is 0 Å². The Hall–Kier alpha value is -0.570. The Kier molecular flexibility index (Phi) is 5.96. The third kappa shape index (κ3) is 5.07. The molecule has 0 spiro atoms. The van der Waals surface area contributed by atoms with Gasteiger partial charge in [-0.05, 0) is 33.2 Å². The first-order chi connectivity index (χ1) is 8.06. The smallest absolute Gasteiger partial charge is 0.239 e. The molecule has 1 aliphatic rings. The summed E-state index contributed by atoms with van der Waals surface area (Å²) >= 11 is 0. The topological polar surface area (TPSA) is 41.1 Å². The molecule has 3 heteroatoms. The number of carbonyl (C=O) groups excluding carboxylic acids is 1. The van der Waals surface area contributed by atoms with Gasteiger partial charge < -0.3 is 10.6 Å². The van der Waals surface area contributed by atoms with Gasteiger partial charge in [0, 0.05) is 6.04 Å². The second-order valence-corrected chi connectivity index (χ2v) is 5.67. The highest BCUT2D eigenvalue weighted by atomic mass is 16.2. The second kappa shape index (κ2) is 7.00. The van der Waals surface area contributed by atoms with Crippen molar-refractivity contribution in [3.63, 3.8) is 0 Å². The molecule has 0 aliphatic heterocycles. The molecule has 17 heavy (non-hydrogen) atoms. The summed E-state index contributed by atoms with van der Waals surface area (Å²) in [5.41, 5.74) is -0.447. The van der Waals surface area contributed by atoms with Crippen LogP contribution in [0.3, 0.4) is 0 Å². The van der Waals surface area contributed by atoms with Crippen molar-refractivity contribution in [1.82, 2.24) is 10.6 Å². The van der Waals surface area contributed by atoms with E-state index in [1.807, 2.05) is 20.8 Å². The zero-order valence-corrected chi connectivity index (χ0v) is 11.6. The Morgan fingerprint density at radius 3 is 2.18 bits per heavy atom. The van der Waals surface area contributed by atoms with Crippen molar-refractivity contribution in [2.24, 2.45) is 0 Å². The summed E-state index contributed by atoms with van der Waals surface area (Å²) in [4.78, 5) is 12.1. The van der Waals surface area contributed by atoms with Crippen molar-refractivity contribution in [2.75, 3.05) is 6.54 Å². The van der Waals surface area contributed by atoms with Crippen molar-refractivity contribution in [2.45, 2.75) is 77.3 Å². The number of likely N-dealkylation sites (N-methyl/N-ethyl adjacent to an activating group) is 1. The summed E-state index contributed by atoms with van der Waals surface area (Å²) in [5.74, 6) is 0.143. The van der Waals surface area contributed by atoms with Gasteiger partial charge in [-0.1, -0.05) is 39.0 Å². The Labute approximate surface area is 106 Å². The molecule has 0 saturated heterocycles. The van der Waals surface area contributed by atoms with Crippen LogP contribution in [0.25, 0.3) is 0 Å². The molecule has 0 radical (unpaired) electrons. The molecule has 0 aromatic rings. The first-order valence-corrected chi connectivity index (χ1v) is 7.12. The number of rotatable bonds is 4. The van der Waals surface area contributed by atoms with Crippen LogP contribution in [0.5, 0.6) is 0 Å². The molecule has 3 nitrogen and oxygen atoms in total. The molecule has 2 N–H and O–H groups in total. The third-order valence-electron chi connectivity index (χ3n) is 3.63. The van der Waals surface area contributed by atoms with E-state index in [1.54, 1.807) is 0 Å². The van der Waals surface area contributed by atoms with E-state index in [2.05, 4.69) is 10.6 Å². The molecule has 1 rings (SSSR count). The molecule has 0 atom stereocenters. The van der Waals surface area contributed by atoms with Crippen LogP contribution in [0.15, 0.2) is 0 Å². The predicted molar refractivity (Wildman–Crippen MR) is 72.0 cm³/mol. The summed E-state index contributed by atoms with van der Waals surface area (Å²) in [6, 6.07) is 0.390. The van der Waals surface area contributed by atoms with Crippen molar-refractivity contribution >= 4 is 5.91 Å². The fourth-order valence-corrected chi connectivity index (χ4v) is 2.49. The highest BCUT2D eigenvalue weighted by Gasteiger charge is 2.27. The van der Waals surface area contributed by atoms with E-state index < -0.39 is 5.54 Å². The Morgan fingerprint density at radius 2 is 1.65 bits per heavy atom. The van der Waals surface area contributed by atoms with E-state index >= 15 is 0 Å². The highest BCUT2D eigenvalue weighted by molar-refractivity contribution is 5.85. The molecule has 1 amide bonds. The fraction of sp³-hybridized carbons (Fsp3) is 0.929. The first kappa shape index (κ1) is 14.5. The highest BCUT2D eigenvalue weighted by Crippen LogP contribution is 2.17. The van der Waals surface area contributed by atoms with Gasteiger partial charge >= 0.3 is 0 Å². The van der Waals surface area contributed by atoms with Gasteiger partial charge in [0.05, 0.1) is 5.54 Å². The lowest BCUT2D eigenvalue weighted by molar-refractivity contribution is -0.127. The number of amides is 1. The van der Waals surface area contributed by atoms with Crippen molar-refractivity contribution in [3.05, 3.63) is 0 Å². The molecule has 1 aliphatic carbocycles. The van der Waals surface area contributed by atoms with Crippen LogP contribution < -0.4 is 10.6 Å². The maximum absolute atomic E-state index is 12.1. The molecule has 1 saturated carbocycles. The van der Waals surface area contributed by atoms with E-state index in [4.69, 9.17) is 0 Å². The van der Waals surface area contributed by atoms with E-state index in [0.29, 0.717) is 6.04 Å². The van der Waals surface area contributed by atoms with Crippen molar-refractivity contribution in [1.29, 1.82) is 0 Å². The lowest BCUT2D eigenvalue weighted by Gasteiger charge is -2.29. The van der Waals surface area contributed by atoms with Crippen LogP contribution in [0.4, 0.5) is 0 Å². The zero-order chi connectivity index (χ0) is 12.7. The van der Waals surface area contributed by atoms with Crippen LogP contribution in [0.2, 0.25) is 0 Å². The van der Waals surface area contributed by atoms with Gasteiger partial charge in [-0.2, -0.15) is 0 Å². The molecular weight excluding hydrogens is 212 g/mol. The molecule has 0 unspecified atom stereocenters. The lowest BCUT2D eigenvalue weighted by Crippen LogP contribution is -2.54. The Bertz CT molecular complexity index is 230. The number of nitrogens with one attached hydrogen (secondary N) is 2. The molecule has 0 aromatic carbocycles. The monoisotopic (exact) mass is 240 g/mol. The molecule has 0 bridgehead atoms. The zero-order valence-electron chi connectivity index (χ0n) is 11.6. The SMILES string of the molecule is CCNC(C)(C)C(=O)NC1CCCCCCC1. The summed E-state index contributed by atoms with van der Waals surface area (Å²) < 4.78 is 0. The minimum Gasteiger partial charge on any atom is -0.352 e. The predicted octanol–water partition coefficient (Wildman–Crippen LogP) is 2.60. The van der Waals surface area contributed by atoms with Gasteiger partial charge in [0.25, 0.3) is 0 Å². The largest absolute Gasteiger partial charge is 0.352 e. The van der Waals surface area contributed by atoms with Crippen molar-refractivity contribution in [3.8, 4) is 0 Å². The molecular formula is C14H28N2O. The number of carbonyl (C=O) groups is 1. The Morgan fingerprint density at radius 1 is 1.12 bits per heavy atom. The maximum atomic E-state index is 12.1. The minimum atomic E-state index is -0.447. The van der Waals surface area contributed by atoms with Crippen molar-refractivity contribution < 1.29 is 4.79 Å². The summed E-state index contributed by atoms with van der Waals surface area (Å²) in [6.45, 7) is 6.76. The van der Waals surface area contributed by atoms with E-state index in [0.717, 1.165) is 19.4 Å². The third-order valence-corrected chi connectivity index (χ3v) is 3.63. The number of hydrogen-bond acceptors (Lipinski definition) is 2. The average molecular weight is 240 g/mol. The van der Waals surface area contributed by atoms with E-state index in [1.165, 1.54) is 32.1 Å². The van der Waals surface area contributed by atoms with Crippen LogP contribution in [-0.4, -0.2) is 24.0 Å². The van der Waals surface area contributed by atoms with Gasteiger partial charge in [0.15, 0.2) is 0 Å². The van der Waals surface area contributed by atoms with Crippen LogP contribution in [0, 0.1) is 0 Å². The summed E-state index contributed by atoms with van der Waals surface area (Å²) in [6.07, 6.45) is 8.82. The quantitative estimate of drug-likeness (QED) is 0.793. The minimum absolute atomic E-state index is 0.143. The first-order valence-electron chi connectivity index (χ1n) is 7.12. The van der Waals surface area contributed by atoms with Gasteiger partial charge in [0.2, 0.25) is 5.91 Å². The summed E-state index contributed by atoms with van der Waals surface area (Å²) in [7, 11) is 0. The maximum Gasteiger partial charge on any atom is 0.239 e. The summed E-state index contributed by atoms with van der Waals surface area (Å²) in [5, 5.41) is 6.44. The van der Waals surface area contributed by atoms with Gasteiger partial charge in [-0.3, -0.25) is 4.79 Å². The fourth-order valence-electron chi connectivity index (χ4n) is 2.49. The Balaban J connectivity index is 2.42. The molecule has 0 aromatic heterocycles. The molecule has 1 fully saturated rings. The van der Waals surface area contributed by atoms with Crippen LogP contribution in [-0.2, 0) is 4.79 Å². The molecule has 100 valence electrons. The van der Waals surface area contributed by atoms with Gasteiger partial charge in [0.1, 0.15) is 0 Å². The van der Waals surface area contributed by atoms with Crippen LogP contribution >= 0.6 is 0 Å². The molecule has 0 heterocycles. The standard InChI is InChI=1S/C14H28N2O/c1-4-15-14(2,3)13(17)16-12-10-8-6-5-7-9-11-12/h12,15H,4-11H2,1-3H3,(H,16,17). The van der Waals surface area contributed by atoms with E-state index in [-0.39, 0.29) is 5.91 Å². The van der Waals surface area contributed by atoms with E-state index in [9.17, 15) is 4.79 Å². The average Bonchev–Trinajstić information content (AvgIpc) is 2.21.